The fraction of sp³-hybridized carbons (Fsp3) is 0.160. The van der Waals surface area contributed by atoms with Gasteiger partial charge in [-0.3, -0.25) is 9.89 Å². The first kappa shape index (κ1) is 20.3. The SMILES string of the molecule is Cc1cccc(C(CN)NC(=O)c2cc(C#N)cc(-c3ccc4n[nH]c(C)c4c3)c2)c1. The molecule has 6 heteroatoms. The second kappa shape index (κ2) is 8.42. The maximum Gasteiger partial charge on any atom is 0.251 e. The minimum absolute atomic E-state index is 0.268. The average Bonchev–Trinajstić information content (AvgIpc) is 3.17. The molecular formula is C25H23N5O. The number of fused-ring (bicyclic) bond motifs is 1. The van der Waals surface area contributed by atoms with Gasteiger partial charge in [-0.2, -0.15) is 10.4 Å². The van der Waals surface area contributed by atoms with E-state index < -0.39 is 0 Å². The van der Waals surface area contributed by atoms with Gasteiger partial charge in [0, 0.05) is 23.2 Å². The third-order valence-corrected chi connectivity index (χ3v) is 5.39. The first-order valence-electron chi connectivity index (χ1n) is 10.1. The molecule has 0 bridgehead atoms. The van der Waals surface area contributed by atoms with Crippen LogP contribution in [0.25, 0.3) is 22.0 Å². The van der Waals surface area contributed by atoms with Crippen molar-refractivity contribution in [1.82, 2.24) is 15.5 Å². The second-order valence-electron chi connectivity index (χ2n) is 7.67. The van der Waals surface area contributed by atoms with Crippen LogP contribution in [0.5, 0.6) is 0 Å². The predicted octanol–water partition coefficient (Wildman–Crippen LogP) is 4.15. The minimum atomic E-state index is -0.313. The summed E-state index contributed by atoms with van der Waals surface area (Å²) in [5, 5.41) is 20.8. The van der Waals surface area contributed by atoms with Crippen LogP contribution in [0.15, 0.2) is 60.7 Å². The van der Waals surface area contributed by atoms with Gasteiger partial charge >= 0.3 is 0 Å². The molecule has 4 N–H and O–H groups in total. The fourth-order valence-electron chi connectivity index (χ4n) is 3.71. The lowest BCUT2D eigenvalue weighted by atomic mass is 9.98. The molecule has 4 rings (SSSR count). The van der Waals surface area contributed by atoms with Gasteiger partial charge in [0.15, 0.2) is 0 Å². The van der Waals surface area contributed by atoms with E-state index in [2.05, 4.69) is 21.6 Å². The Balaban J connectivity index is 1.68. The molecule has 1 unspecified atom stereocenters. The van der Waals surface area contributed by atoms with Gasteiger partial charge in [0.25, 0.3) is 5.91 Å². The summed E-state index contributed by atoms with van der Waals surface area (Å²) >= 11 is 0. The lowest BCUT2D eigenvalue weighted by Gasteiger charge is -2.18. The van der Waals surface area contributed by atoms with Gasteiger partial charge in [0.05, 0.1) is 23.2 Å². The summed E-state index contributed by atoms with van der Waals surface area (Å²) in [5.41, 5.74) is 12.4. The van der Waals surface area contributed by atoms with E-state index in [0.717, 1.165) is 38.9 Å². The molecule has 0 radical (unpaired) electrons. The van der Waals surface area contributed by atoms with E-state index in [1.165, 1.54) is 0 Å². The highest BCUT2D eigenvalue weighted by atomic mass is 16.1. The van der Waals surface area contributed by atoms with Crippen LogP contribution in [0.3, 0.4) is 0 Å². The molecule has 6 nitrogen and oxygen atoms in total. The number of nitrogens with two attached hydrogens (primary N) is 1. The number of aryl methyl sites for hydroxylation is 2. The number of nitriles is 1. The van der Waals surface area contributed by atoms with Gasteiger partial charge in [-0.15, -0.1) is 0 Å². The van der Waals surface area contributed by atoms with E-state index in [9.17, 15) is 10.1 Å². The molecule has 0 aliphatic heterocycles. The number of carbonyl (C=O) groups is 1. The summed E-state index contributed by atoms with van der Waals surface area (Å²) in [5.74, 6) is -0.268. The maximum absolute atomic E-state index is 13.1. The van der Waals surface area contributed by atoms with E-state index in [1.54, 1.807) is 18.2 Å². The number of hydrogen-bond donors (Lipinski definition) is 3. The maximum atomic E-state index is 13.1. The van der Waals surface area contributed by atoms with Crippen molar-refractivity contribution in [2.24, 2.45) is 5.73 Å². The van der Waals surface area contributed by atoms with Gasteiger partial charge in [0.1, 0.15) is 0 Å². The molecule has 1 heterocycles. The molecule has 0 aliphatic rings. The van der Waals surface area contributed by atoms with Gasteiger partial charge in [-0.1, -0.05) is 35.9 Å². The number of carbonyl (C=O) groups excluding carboxylic acids is 1. The number of hydrogen-bond acceptors (Lipinski definition) is 4. The Hall–Kier alpha value is -3.95. The molecule has 154 valence electrons. The zero-order valence-electron chi connectivity index (χ0n) is 17.4. The molecule has 0 saturated carbocycles. The van der Waals surface area contributed by atoms with Crippen LogP contribution in [0.1, 0.15) is 38.8 Å². The van der Waals surface area contributed by atoms with Crippen LogP contribution in [0.4, 0.5) is 0 Å². The molecular weight excluding hydrogens is 386 g/mol. The molecule has 0 spiro atoms. The van der Waals surface area contributed by atoms with Crippen molar-refractivity contribution in [3.63, 3.8) is 0 Å². The summed E-state index contributed by atoms with van der Waals surface area (Å²) < 4.78 is 0. The Kier molecular flexibility index (Phi) is 5.52. The smallest absolute Gasteiger partial charge is 0.251 e. The van der Waals surface area contributed by atoms with Crippen molar-refractivity contribution in [3.05, 3.63) is 88.6 Å². The van der Waals surface area contributed by atoms with Crippen LogP contribution >= 0.6 is 0 Å². The van der Waals surface area contributed by atoms with Crippen molar-refractivity contribution in [2.45, 2.75) is 19.9 Å². The largest absolute Gasteiger partial charge is 0.344 e. The van der Waals surface area contributed by atoms with Crippen molar-refractivity contribution in [1.29, 1.82) is 5.26 Å². The van der Waals surface area contributed by atoms with E-state index in [4.69, 9.17) is 5.73 Å². The highest BCUT2D eigenvalue weighted by molar-refractivity contribution is 5.97. The minimum Gasteiger partial charge on any atom is -0.344 e. The van der Waals surface area contributed by atoms with Crippen molar-refractivity contribution >= 4 is 16.8 Å². The first-order chi connectivity index (χ1) is 15.0. The summed E-state index contributed by atoms with van der Waals surface area (Å²) in [7, 11) is 0. The Morgan fingerprint density at radius 1 is 1.13 bits per heavy atom. The number of nitrogens with one attached hydrogen (secondary N) is 2. The van der Waals surface area contributed by atoms with E-state index in [0.29, 0.717) is 11.1 Å². The quantitative estimate of drug-likeness (QED) is 0.460. The van der Waals surface area contributed by atoms with Crippen molar-refractivity contribution in [2.75, 3.05) is 6.54 Å². The van der Waals surface area contributed by atoms with Crippen LogP contribution in [-0.2, 0) is 0 Å². The number of nitrogens with zero attached hydrogens (tertiary/aromatic N) is 2. The Morgan fingerprint density at radius 3 is 2.71 bits per heavy atom. The average molecular weight is 409 g/mol. The molecule has 0 aliphatic carbocycles. The predicted molar refractivity (Wildman–Crippen MR) is 121 cm³/mol. The van der Waals surface area contributed by atoms with Crippen LogP contribution < -0.4 is 11.1 Å². The second-order valence-corrected chi connectivity index (χ2v) is 7.67. The third-order valence-electron chi connectivity index (χ3n) is 5.39. The van der Waals surface area contributed by atoms with Gasteiger partial charge in [-0.05, 0) is 60.9 Å². The lowest BCUT2D eigenvalue weighted by Crippen LogP contribution is -2.33. The van der Waals surface area contributed by atoms with Crippen molar-refractivity contribution < 1.29 is 4.79 Å². The summed E-state index contributed by atoms with van der Waals surface area (Å²) in [6.07, 6.45) is 0. The molecule has 4 aromatic rings. The topological polar surface area (TPSA) is 108 Å². The molecule has 1 amide bonds. The molecule has 1 aromatic heterocycles. The summed E-state index contributed by atoms with van der Waals surface area (Å²) in [6.45, 7) is 4.23. The lowest BCUT2D eigenvalue weighted by molar-refractivity contribution is 0.0938. The number of benzene rings is 3. The monoisotopic (exact) mass is 409 g/mol. The summed E-state index contributed by atoms with van der Waals surface area (Å²) in [6, 6.07) is 20.8. The first-order valence-corrected chi connectivity index (χ1v) is 10.1. The number of aromatic amines is 1. The number of amides is 1. The molecule has 1 atom stereocenters. The van der Waals surface area contributed by atoms with Gasteiger partial charge in [-0.25, -0.2) is 0 Å². The van der Waals surface area contributed by atoms with Gasteiger partial charge in [0.2, 0.25) is 0 Å². The summed E-state index contributed by atoms with van der Waals surface area (Å²) in [4.78, 5) is 13.1. The number of H-pyrrole nitrogens is 1. The highest BCUT2D eigenvalue weighted by Crippen LogP contribution is 2.27. The zero-order chi connectivity index (χ0) is 22.0. The molecule has 0 fully saturated rings. The van der Waals surface area contributed by atoms with Crippen LogP contribution in [-0.4, -0.2) is 22.6 Å². The van der Waals surface area contributed by atoms with Gasteiger partial charge < -0.3 is 11.1 Å². The number of rotatable bonds is 5. The van der Waals surface area contributed by atoms with Crippen LogP contribution in [0, 0.1) is 25.2 Å². The molecule has 31 heavy (non-hydrogen) atoms. The normalized spacial score (nSPS) is 11.8. The Bertz CT molecular complexity index is 1320. The standard InChI is InChI=1S/C25H23N5O/c1-15-4-3-5-19(8-15)24(14-27)28-25(31)21-10-17(13-26)9-20(11-21)18-6-7-23-22(12-18)16(2)29-30-23/h3-12,24H,14,27H2,1-2H3,(H,28,31)(H,29,30). The van der Waals surface area contributed by atoms with Crippen molar-refractivity contribution in [3.8, 4) is 17.2 Å². The zero-order valence-corrected chi connectivity index (χ0v) is 17.4. The third kappa shape index (κ3) is 4.18. The van der Waals surface area contributed by atoms with E-state index in [1.807, 2.05) is 56.3 Å². The number of aromatic nitrogens is 2. The molecule has 3 aromatic carbocycles. The fourth-order valence-corrected chi connectivity index (χ4v) is 3.71. The van der Waals surface area contributed by atoms with E-state index in [-0.39, 0.29) is 18.5 Å². The Morgan fingerprint density at radius 2 is 1.97 bits per heavy atom. The van der Waals surface area contributed by atoms with E-state index >= 15 is 0 Å². The highest BCUT2D eigenvalue weighted by Gasteiger charge is 2.16. The van der Waals surface area contributed by atoms with Crippen LogP contribution in [0.2, 0.25) is 0 Å². The Labute approximate surface area is 180 Å². The molecule has 0 saturated heterocycles.